The van der Waals surface area contributed by atoms with Crippen LogP contribution in [-0.4, -0.2) is 26.7 Å². The van der Waals surface area contributed by atoms with Crippen LogP contribution in [0.5, 0.6) is 5.75 Å². The number of quaternary nitrogens is 2. The predicted octanol–water partition coefficient (Wildman–Crippen LogP) is 0.437. The molecule has 18 heavy (non-hydrogen) atoms. The summed E-state index contributed by atoms with van der Waals surface area (Å²) >= 11 is 0. The van der Waals surface area contributed by atoms with Gasteiger partial charge in [-0.15, -0.1) is 0 Å². The van der Waals surface area contributed by atoms with Crippen molar-refractivity contribution in [3.05, 3.63) is 29.8 Å². The highest BCUT2D eigenvalue weighted by atomic mass is 16.5. The lowest BCUT2D eigenvalue weighted by atomic mass is 10.0. The topological polar surface area (TPSA) is 41.3 Å². The summed E-state index contributed by atoms with van der Waals surface area (Å²) in [5.41, 5.74) is 5.56. The zero-order chi connectivity index (χ0) is 12.8. The van der Waals surface area contributed by atoms with E-state index in [1.807, 2.05) is 0 Å². The molecule has 0 amide bonds. The van der Waals surface area contributed by atoms with Gasteiger partial charge in [0.1, 0.15) is 12.3 Å². The molecule has 1 aliphatic heterocycles. The Kier molecular flexibility index (Phi) is 5.02. The molecule has 1 aromatic rings. The van der Waals surface area contributed by atoms with E-state index in [1.54, 1.807) is 12.0 Å². The molecule has 1 atom stereocenters. The molecule has 0 aromatic heterocycles. The van der Waals surface area contributed by atoms with Gasteiger partial charge in [-0.1, -0.05) is 0 Å². The number of benzene rings is 1. The standard InChI is InChI=1S/C15H24N2O/c1-18-14-8-6-13(7-9-14)15(12-16)17-10-4-2-3-5-11-17/h6-9,15H,2-5,10-12,16H2,1H3/p+2/t15-/m1/s1. The van der Waals surface area contributed by atoms with Crippen LogP contribution in [0.1, 0.15) is 37.3 Å². The largest absolute Gasteiger partial charge is 0.497 e. The van der Waals surface area contributed by atoms with Crippen LogP contribution in [0, 0.1) is 0 Å². The zero-order valence-electron chi connectivity index (χ0n) is 11.5. The van der Waals surface area contributed by atoms with Crippen LogP contribution in [0.25, 0.3) is 0 Å². The van der Waals surface area contributed by atoms with Crippen molar-refractivity contribution >= 4 is 0 Å². The minimum absolute atomic E-state index is 0.550. The van der Waals surface area contributed by atoms with E-state index >= 15 is 0 Å². The molecular weight excluding hydrogens is 224 g/mol. The summed E-state index contributed by atoms with van der Waals surface area (Å²) in [4.78, 5) is 1.72. The second-order valence-electron chi connectivity index (χ2n) is 5.19. The maximum atomic E-state index is 5.23. The Morgan fingerprint density at radius 3 is 2.22 bits per heavy atom. The quantitative estimate of drug-likeness (QED) is 0.800. The van der Waals surface area contributed by atoms with Crippen LogP contribution < -0.4 is 15.4 Å². The minimum Gasteiger partial charge on any atom is -0.497 e. The van der Waals surface area contributed by atoms with Crippen molar-refractivity contribution in [2.45, 2.75) is 31.7 Å². The van der Waals surface area contributed by atoms with E-state index in [9.17, 15) is 0 Å². The third-order valence-corrected chi connectivity index (χ3v) is 4.05. The van der Waals surface area contributed by atoms with Crippen LogP contribution in [-0.2, 0) is 0 Å². The molecule has 0 bridgehead atoms. The molecule has 0 radical (unpaired) electrons. The highest BCUT2D eigenvalue weighted by Crippen LogP contribution is 2.15. The number of hydrogen-bond acceptors (Lipinski definition) is 1. The van der Waals surface area contributed by atoms with Gasteiger partial charge < -0.3 is 15.4 Å². The summed E-state index contributed by atoms with van der Waals surface area (Å²) < 4.78 is 5.23. The lowest BCUT2D eigenvalue weighted by molar-refractivity contribution is -0.937. The SMILES string of the molecule is COc1ccc([C@@H](C[NH3+])[NH+]2CCCCCC2)cc1. The number of hydrogen-bond donors (Lipinski definition) is 2. The normalized spacial score (nSPS) is 19.2. The second kappa shape index (κ2) is 6.76. The second-order valence-corrected chi connectivity index (χ2v) is 5.19. The first-order valence-corrected chi connectivity index (χ1v) is 7.13. The average molecular weight is 250 g/mol. The zero-order valence-corrected chi connectivity index (χ0v) is 11.5. The monoisotopic (exact) mass is 250 g/mol. The molecule has 1 saturated heterocycles. The number of likely N-dealkylation sites (tertiary alicyclic amines) is 1. The Morgan fingerprint density at radius 2 is 1.72 bits per heavy atom. The third kappa shape index (κ3) is 3.24. The Balaban J connectivity index is 2.10. The fourth-order valence-corrected chi connectivity index (χ4v) is 2.97. The molecule has 3 nitrogen and oxygen atoms in total. The van der Waals surface area contributed by atoms with Gasteiger partial charge in [0.25, 0.3) is 0 Å². The van der Waals surface area contributed by atoms with Crippen molar-refractivity contribution in [1.82, 2.24) is 0 Å². The van der Waals surface area contributed by atoms with Crippen molar-refractivity contribution in [3.63, 3.8) is 0 Å². The molecule has 1 fully saturated rings. The Labute approximate surface area is 110 Å². The van der Waals surface area contributed by atoms with Gasteiger partial charge in [-0.3, -0.25) is 0 Å². The van der Waals surface area contributed by atoms with Gasteiger partial charge in [-0.05, 0) is 49.9 Å². The number of rotatable bonds is 4. The summed E-state index contributed by atoms with van der Waals surface area (Å²) in [7, 11) is 1.72. The molecule has 4 N–H and O–H groups in total. The fourth-order valence-electron chi connectivity index (χ4n) is 2.97. The van der Waals surface area contributed by atoms with Crippen LogP contribution in [0.2, 0.25) is 0 Å². The maximum absolute atomic E-state index is 5.23. The van der Waals surface area contributed by atoms with Crippen LogP contribution >= 0.6 is 0 Å². The Hall–Kier alpha value is -1.06. The van der Waals surface area contributed by atoms with Crippen molar-refractivity contribution in [2.75, 3.05) is 26.7 Å². The first-order valence-electron chi connectivity index (χ1n) is 7.13. The number of methoxy groups -OCH3 is 1. The molecule has 0 spiro atoms. The lowest BCUT2D eigenvalue weighted by Gasteiger charge is -2.25. The molecule has 1 heterocycles. The molecule has 0 unspecified atom stereocenters. The maximum Gasteiger partial charge on any atom is 0.162 e. The molecule has 1 aromatic carbocycles. The molecule has 0 saturated carbocycles. The van der Waals surface area contributed by atoms with Gasteiger partial charge in [-0.2, -0.15) is 0 Å². The number of ether oxygens (including phenoxy) is 1. The molecule has 100 valence electrons. The van der Waals surface area contributed by atoms with E-state index in [1.165, 1.54) is 44.3 Å². The smallest absolute Gasteiger partial charge is 0.162 e. The summed E-state index contributed by atoms with van der Waals surface area (Å²) in [6, 6.07) is 9.08. The van der Waals surface area contributed by atoms with Crippen LogP contribution in [0.4, 0.5) is 0 Å². The Morgan fingerprint density at radius 1 is 1.11 bits per heavy atom. The van der Waals surface area contributed by atoms with E-state index in [2.05, 4.69) is 30.0 Å². The van der Waals surface area contributed by atoms with Gasteiger partial charge in [0.15, 0.2) is 6.04 Å². The highest BCUT2D eigenvalue weighted by molar-refractivity contribution is 5.28. The average Bonchev–Trinajstić information content (AvgIpc) is 2.70. The van der Waals surface area contributed by atoms with Gasteiger partial charge in [0.05, 0.1) is 20.2 Å². The fraction of sp³-hybridized carbons (Fsp3) is 0.600. The van der Waals surface area contributed by atoms with Gasteiger partial charge >= 0.3 is 0 Å². The summed E-state index contributed by atoms with van der Waals surface area (Å²) in [5.74, 6) is 0.937. The minimum atomic E-state index is 0.550. The molecule has 2 rings (SSSR count). The molecule has 3 heteroatoms. The number of nitrogens with one attached hydrogen (secondary N) is 1. The van der Waals surface area contributed by atoms with E-state index < -0.39 is 0 Å². The van der Waals surface area contributed by atoms with Gasteiger partial charge in [0.2, 0.25) is 0 Å². The van der Waals surface area contributed by atoms with E-state index in [4.69, 9.17) is 4.74 Å². The van der Waals surface area contributed by atoms with Gasteiger partial charge in [0, 0.05) is 5.56 Å². The first kappa shape index (κ1) is 13.4. The summed E-state index contributed by atoms with van der Waals surface area (Å²) in [6.07, 6.45) is 5.52. The lowest BCUT2D eigenvalue weighted by Crippen LogP contribution is -3.13. The molecule has 0 aliphatic carbocycles. The molecular formula is C15H26N2O+2. The van der Waals surface area contributed by atoms with E-state index in [0.29, 0.717) is 6.04 Å². The first-order chi connectivity index (χ1) is 8.85. The van der Waals surface area contributed by atoms with Crippen molar-refractivity contribution in [2.24, 2.45) is 0 Å². The van der Waals surface area contributed by atoms with E-state index in [-0.39, 0.29) is 0 Å². The summed E-state index contributed by atoms with van der Waals surface area (Å²) in [5, 5.41) is 0. The third-order valence-electron chi connectivity index (χ3n) is 4.05. The van der Waals surface area contributed by atoms with Crippen molar-refractivity contribution in [3.8, 4) is 5.75 Å². The van der Waals surface area contributed by atoms with Crippen LogP contribution in [0.15, 0.2) is 24.3 Å². The van der Waals surface area contributed by atoms with E-state index in [0.717, 1.165) is 12.3 Å². The molecule has 1 aliphatic rings. The van der Waals surface area contributed by atoms with Gasteiger partial charge in [-0.25, -0.2) is 0 Å². The Bertz CT molecular complexity index is 342. The van der Waals surface area contributed by atoms with Crippen molar-refractivity contribution < 1.29 is 15.4 Å². The van der Waals surface area contributed by atoms with Crippen LogP contribution in [0.3, 0.4) is 0 Å². The summed E-state index contributed by atoms with van der Waals surface area (Å²) in [6.45, 7) is 3.57. The highest BCUT2D eigenvalue weighted by Gasteiger charge is 2.25. The predicted molar refractivity (Wildman–Crippen MR) is 72.7 cm³/mol. The van der Waals surface area contributed by atoms with Crippen molar-refractivity contribution in [1.29, 1.82) is 0 Å².